The summed E-state index contributed by atoms with van der Waals surface area (Å²) in [5.41, 5.74) is 4.85. The molecule has 0 aromatic heterocycles. The number of rotatable bonds is 16. The van der Waals surface area contributed by atoms with Crippen molar-refractivity contribution in [1.29, 1.82) is 0 Å². The molecule has 7 heteroatoms. The molecule has 47 heavy (non-hydrogen) atoms. The Morgan fingerprint density at radius 1 is 1.00 bits per heavy atom. The van der Waals surface area contributed by atoms with Crippen LogP contribution in [0.25, 0.3) is 0 Å². The van der Waals surface area contributed by atoms with Gasteiger partial charge in [-0.15, -0.1) is 0 Å². The number of thioether (sulfide) groups is 1. The number of carbonyl (C=O) groups excluding carboxylic acids is 2. The summed E-state index contributed by atoms with van der Waals surface area (Å²) in [5.74, 6) is 4.00. The molecule has 0 aliphatic carbocycles. The Labute approximate surface area is 291 Å². The van der Waals surface area contributed by atoms with Gasteiger partial charge in [0.15, 0.2) is 0 Å². The third kappa shape index (κ3) is 10.1. The Morgan fingerprint density at radius 2 is 1.70 bits per heavy atom. The van der Waals surface area contributed by atoms with Crippen LogP contribution in [0.5, 0.6) is 11.5 Å². The average molecular weight is 671 g/mol. The highest BCUT2D eigenvalue weighted by Gasteiger charge is 2.42. The minimum Gasteiger partial charge on any atom is -0.487 e. The molecule has 3 heterocycles. The quantitative estimate of drug-likeness (QED) is 0.0792. The number of nitrogens with one attached hydrogen (secondary N) is 2. The number of urea groups is 1. The normalized spacial score (nSPS) is 24.8. The molecule has 0 saturated carbocycles. The second kappa shape index (κ2) is 15.3. The summed E-state index contributed by atoms with van der Waals surface area (Å²) < 4.78 is 12.9. The Hall–Kier alpha value is -1.89. The van der Waals surface area contributed by atoms with Crippen molar-refractivity contribution in [3.63, 3.8) is 0 Å². The van der Waals surface area contributed by atoms with E-state index in [2.05, 4.69) is 86.8 Å². The van der Waals surface area contributed by atoms with Crippen molar-refractivity contribution in [2.75, 3.05) is 5.75 Å². The maximum absolute atomic E-state index is 13.0. The zero-order valence-corrected chi connectivity index (χ0v) is 32.4. The maximum atomic E-state index is 13.0. The van der Waals surface area contributed by atoms with Gasteiger partial charge >= 0.3 is 12.0 Å². The Kier molecular flexibility index (Phi) is 12.4. The van der Waals surface area contributed by atoms with Crippen molar-refractivity contribution in [2.24, 2.45) is 22.7 Å². The second-order valence-electron chi connectivity index (χ2n) is 17.7. The van der Waals surface area contributed by atoms with Gasteiger partial charge in [0.05, 0.1) is 12.1 Å². The second-order valence-corrected chi connectivity index (χ2v) is 19.0. The van der Waals surface area contributed by atoms with E-state index in [1.54, 1.807) is 0 Å². The van der Waals surface area contributed by atoms with Crippen molar-refractivity contribution in [2.45, 2.75) is 176 Å². The number of fused-ring (bicyclic) bond motifs is 2. The van der Waals surface area contributed by atoms with Gasteiger partial charge in [0, 0.05) is 23.0 Å². The Balaban J connectivity index is 1.28. The van der Waals surface area contributed by atoms with Crippen LogP contribution in [0.2, 0.25) is 0 Å². The average Bonchev–Trinajstić information content (AvgIpc) is 3.52. The van der Waals surface area contributed by atoms with Gasteiger partial charge in [-0.25, -0.2) is 4.79 Å². The van der Waals surface area contributed by atoms with Gasteiger partial charge in [-0.05, 0) is 125 Å². The number of amides is 2. The van der Waals surface area contributed by atoms with E-state index in [4.69, 9.17) is 9.47 Å². The predicted octanol–water partition coefficient (Wildman–Crippen LogP) is 10.0. The molecule has 2 amide bonds. The molecule has 1 aromatic carbocycles. The molecule has 5 atom stereocenters. The van der Waals surface area contributed by atoms with E-state index < -0.39 is 0 Å². The predicted molar refractivity (Wildman–Crippen MR) is 197 cm³/mol. The smallest absolute Gasteiger partial charge is 0.315 e. The lowest BCUT2D eigenvalue weighted by molar-refractivity contribution is -0.134. The van der Waals surface area contributed by atoms with E-state index in [9.17, 15) is 9.59 Å². The van der Waals surface area contributed by atoms with Crippen LogP contribution in [0.4, 0.5) is 4.79 Å². The first kappa shape index (κ1) is 37.9. The van der Waals surface area contributed by atoms with E-state index in [-0.39, 0.29) is 35.1 Å². The molecule has 2 N–H and O–H groups in total. The molecule has 2 saturated heterocycles. The van der Waals surface area contributed by atoms with Crippen molar-refractivity contribution >= 4 is 23.8 Å². The summed E-state index contributed by atoms with van der Waals surface area (Å²) in [5, 5.41) is 6.47. The van der Waals surface area contributed by atoms with Crippen molar-refractivity contribution in [3.8, 4) is 11.5 Å². The highest BCUT2D eigenvalue weighted by Crippen LogP contribution is 2.46. The number of hydrogen-bond donors (Lipinski definition) is 2. The SMILES string of the molecule is Cc1c(C)c2c(c(C)c1OC(=O)CCCCC1SCC3NC(=O)N[C@@H]31)CCC(C)(CCC(C)(C)CC(C)CCC(C)(C)CC(C)C)O2. The zero-order valence-electron chi connectivity index (χ0n) is 31.6. The number of hydrogen-bond acceptors (Lipinski definition) is 5. The largest absolute Gasteiger partial charge is 0.487 e. The molecule has 266 valence electrons. The van der Waals surface area contributed by atoms with Crippen LogP contribution in [0.3, 0.4) is 0 Å². The van der Waals surface area contributed by atoms with Crippen LogP contribution in [-0.4, -0.2) is 40.7 Å². The minimum absolute atomic E-state index is 0.0495. The molecule has 3 aliphatic rings. The topological polar surface area (TPSA) is 76.7 Å². The molecule has 3 aliphatic heterocycles. The highest BCUT2D eigenvalue weighted by atomic mass is 32.2. The van der Waals surface area contributed by atoms with Gasteiger partial charge < -0.3 is 20.1 Å². The van der Waals surface area contributed by atoms with Gasteiger partial charge in [-0.1, -0.05) is 61.3 Å². The molecule has 0 spiro atoms. The number of carbonyl (C=O) groups is 2. The van der Waals surface area contributed by atoms with Crippen molar-refractivity contribution < 1.29 is 19.1 Å². The standard InChI is InChI=1S/C40H66N2O4S/c1-25(2)22-38(7,8)18-16-26(3)23-39(9,10)20-21-40(11)19-17-30-29(6)35(27(4)28(5)36(30)46-40)45-33(43)15-13-12-14-32-34-31(24-47-32)41-37(44)42-34/h25-26,31-32,34H,12-24H2,1-11H3,(H2,41,42,44)/t26?,31?,32?,34-,40?/m0/s1. The van der Waals surface area contributed by atoms with Crippen LogP contribution in [0.15, 0.2) is 0 Å². The zero-order chi connectivity index (χ0) is 34.7. The van der Waals surface area contributed by atoms with Crippen LogP contribution in [0, 0.1) is 43.4 Å². The fourth-order valence-electron chi connectivity index (χ4n) is 8.63. The molecular formula is C40H66N2O4S. The first-order valence-corrected chi connectivity index (χ1v) is 19.6. The summed E-state index contributed by atoms with van der Waals surface area (Å²) >= 11 is 1.92. The third-order valence-corrected chi connectivity index (χ3v) is 12.9. The van der Waals surface area contributed by atoms with Crippen LogP contribution in [0.1, 0.15) is 148 Å². The summed E-state index contributed by atoms with van der Waals surface area (Å²) in [4.78, 5) is 24.6. The van der Waals surface area contributed by atoms with Crippen LogP contribution in [-0.2, 0) is 11.2 Å². The molecule has 2 fully saturated rings. The lowest BCUT2D eigenvalue weighted by Crippen LogP contribution is -2.38. The first-order chi connectivity index (χ1) is 21.9. The number of esters is 1. The molecule has 4 unspecified atom stereocenters. The number of unbranched alkanes of at least 4 members (excludes halogenated alkanes) is 1. The molecular weight excluding hydrogens is 605 g/mol. The Morgan fingerprint density at radius 3 is 2.40 bits per heavy atom. The fourth-order valence-corrected chi connectivity index (χ4v) is 10.2. The van der Waals surface area contributed by atoms with Gasteiger partial charge in [0.25, 0.3) is 0 Å². The van der Waals surface area contributed by atoms with Crippen LogP contribution >= 0.6 is 11.8 Å². The molecule has 0 bridgehead atoms. The van der Waals surface area contributed by atoms with Gasteiger partial charge in [0.2, 0.25) is 0 Å². The first-order valence-electron chi connectivity index (χ1n) is 18.6. The van der Waals surface area contributed by atoms with Gasteiger partial charge in [-0.2, -0.15) is 11.8 Å². The molecule has 6 nitrogen and oxygen atoms in total. The third-order valence-electron chi connectivity index (χ3n) is 11.3. The summed E-state index contributed by atoms with van der Waals surface area (Å²) in [6, 6.07) is 0.404. The lowest BCUT2D eigenvalue weighted by atomic mass is 9.73. The van der Waals surface area contributed by atoms with E-state index in [1.165, 1.54) is 31.2 Å². The van der Waals surface area contributed by atoms with E-state index in [1.807, 2.05) is 11.8 Å². The number of ether oxygens (including phenoxy) is 2. The fraction of sp³-hybridized carbons (Fsp3) is 0.800. The van der Waals surface area contributed by atoms with Crippen LogP contribution < -0.4 is 20.1 Å². The number of benzene rings is 1. The molecule has 0 radical (unpaired) electrons. The van der Waals surface area contributed by atoms with Crippen molar-refractivity contribution in [1.82, 2.24) is 10.6 Å². The van der Waals surface area contributed by atoms with Crippen molar-refractivity contribution in [3.05, 3.63) is 22.3 Å². The van der Waals surface area contributed by atoms with Gasteiger partial charge in [-0.3, -0.25) is 4.79 Å². The minimum atomic E-state index is -0.191. The molecule has 1 aromatic rings. The summed E-state index contributed by atoms with van der Waals surface area (Å²) in [6.45, 7) is 25.4. The monoisotopic (exact) mass is 670 g/mol. The highest BCUT2D eigenvalue weighted by molar-refractivity contribution is 8.00. The summed E-state index contributed by atoms with van der Waals surface area (Å²) in [7, 11) is 0. The van der Waals surface area contributed by atoms with E-state index >= 15 is 0 Å². The van der Waals surface area contributed by atoms with Gasteiger partial charge in [0.1, 0.15) is 17.1 Å². The maximum Gasteiger partial charge on any atom is 0.315 e. The van der Waals surface area contributed by atoms with E-state index in [0.29, 0.717) is 17.1 Å². The summed E-state index contributed by atoms with van der Waals surface area (Å²) in [6.07, 6.45) is 12.4. The lowest BCUT2D eigenvalue weighted by Gasteiger charge is -2.40. The Bertz CT molecular complexity index is 1270. The molecule has 4 rings (SSSR count). The van der Waals surface area contributed by atoms with E-state index in [0.717, 1.165) is 90.7 Å².